The molecule has 1 aliphatic heterocycles. The zero-order chi connectivity index (χ0) is 22.8. The summed E-state index contributed by atoms with van der Waals surface area (Å²) >= 11 is 2.79. The number of rotatable bonds is 5. The van der Waals surface area contributed by atoms with Gasteiger partial charge < -0.3 is 10.1 Å². The van der Waals surface area contributed by atoms with E-state index in [1.807, 2.05) is 84.9 Å². The van der Waals surface area contributed by atoms with Crippen molar-refractivity contribution in [3.05, 3.63) is 105 Å². The number of nitrogens with one attached hydrogen (secondary N) is 1. The Balaban J connectivity index is 1.61. The average molecular weight is 475 g/mol. The Morgan fingerprint density at radius 2 is 1.73 bits per heavy atom. The number of fused-ring (bicyclic) bond motifs is 1. The van der Waals surface area contributed by atoms with Crippen LogP contribution in [0.4, 0.5) is 5.69 Å². The summed E-state index contributed by atoms with van der Waals surface area (Å²) < 4.78 is 7.22. The summed E-state index contributed by atoms with van der Waals surface area (Å²) in [6.45, 7) is 0. The summed E-state index contributed by atoms with van der Waals surface area (Å²) in [5.41, 5.74) is 2.56. The number of anilines is 1. The van der Waals surface area contributed by atoms with Crippen molar-refractivity contribution in [2.75, 3.05) is 18.2 Å². The van der Waals surface area contributed by atoms with Crippen molar-refractivity contribution < 1.29 is 9.53 Å². The van der Waals surface area contributed by atoms with Crippen molar-refractivity contribution >= 4 is 34.7 Å². The second-order valence-corrected chi connectivity index (χ2v) is 9.74. The lowest BCUT2D eigenvalue weighted by Crippen LogP contribution is -2.33. The van der Waals surface area contributed by atoms with Crippen molar-refractivity contribution in [3.63, 3.8) is 0 Å². The number of carbonyl (C=O) groups excluding carboxylic acids is 1. The summed E-state index contributed by atoms with van der Waals surface area (Å²) in [6.07, 6.45) is 0. The third-order valence-electron chi connectivity index (χ3n) is 5.72. The number of aromatic nitrogens is 1. The van der Waals surface area contributed by atoms with Crippen LogP contribution in [0.2, 0.25) is 0 Å². The Kier molecular flexibility index (Phi) is 6.07. The number of methoxy groups -OCH3 is 1. The molecule has 33 heavy (non-hydrogen) atoms. The maximum Gasteiger partial charge on any atom is 0.312 e. The van der Waals surface area contributed by atoms with E-state index in [1.165, 1.54) is 11.3 Å². The molecule has 1 aromatic heterocycles. The minimum absolute atomic E-state index is 0.0456. The first-order valence-corrected chi connectivity index (χ1v) is 12.4. The average Bonchev–Trinajstić information content (AvgIpc) is 3.20. The van der Waals surface area contributed by atoms with Gasteiger partial charge in [0.1, 0.15) is 5.75 Å². The number of nitrogens with zero attached hydrogens (tertiary/aromatic N) is 1. The fraction of sp³-hybridized carbons (Fsp3) is 0.154. The lowest BCUT2D eigenvalue weighted by Gasteiger charge is -2.31. The molecular formula is C26H22N2O3S2. The van der Waals surface area contributed by atoms with E-state index >= 15 is 0 Å². The van der Waals surface area contributed by atoms with E-state index in [4.69, 9.17) is 4.74 Å². The van der Waals surface area contributed by atoms with Gasteiger partial charge >= 0.3 is 4.87 Å². The standard InChI is InChI=1S/C26H22N2O3S2/c1-31-20-14-8-9-17(15-20)22-21(24(29)27-18-10-4-2-5-11-18)16-32-25-23(22)33-26(30)28(25)19-12-6-3-7-13-19/h2-15,21-22H,16H2,1H3,(H,27,29)/t21-,22+/m0/s1. The molecule has 0 saturated carbocycles. The third-order valence-corrected chi connectivity index (χ3v) is 8.08. The number of hydrogen-bond donors (Lipinski definition) is 1. The molecule has 4 aromatic rings. The molecule has 0 spiro atoms. The Morgan fingerprint density at radius 1 is 1.00 bits per heavy atom. The van der Waals surface area contributed by atoms with Crippen molar-refractivity contribution in [1.29, 1.82) is 0 Å². The highest BCUT2D eigenvalue weighted by Gasteiger charge is 2.39. The highest BCUT2D eigenvalue weighted by molar-refractivity contribution is 7.99. The van der Waals surface area contributed by atoms with Crippen LogP contribution in [0.3, 0.4) is 0 Å². The maximum absolute atomic E-state index is 13.4. The molecule has 0 saturated heterocycles. The first-order valence-electron chi connectivity index (χ1n) is 10.6. The number of thiazole rings is 1. The number of thioether (sulfide) groups is 1. The predicted octanol–water partition coefficient (Wildman–Crippen LogP) is 5.40. The van der Waals surface area contributed by atoms with Gasteiger partial charge in [-0.2, -0.15) is 0 Å². The van der Waals surface area contributed by atoms with Crippen molar-refractivity contribution in [3.8, 4) is 11.4 Å². The molecule has 1 N–H and O–H groups in total. The Hall–Kier alpha value is -3.29. The molecule has 3 aromatic carbocycles. The maximum atomic E-state index is 13.4. The van der Waals surface area contributed by atoms with Crippen molar-refractivity contribution in [2.24, 2.45) is 5.92 Å². The molecule has 7 heteroatoms. The summed E-state index contributed by atoms with van der Waals surface area (Å²) in [4.78, 5) is 27.4. The summed E-state index contributed by atoms with van der Waals surface area (Å²) in [6, 6.07) is 26.9. The third kappa shape index (κ3) is 4.21. The quantitative estimate of drug-likeness (QED) is 0.421. The first-order chi connectivity index (χ1) is 16.2. The smallest absolute Gasteiger partial charge is 0.312 e. The van der Waals surface area contributed by atoms with Crippen molar-refractivity contribution in [1.82, 2.24) is 4.57 Å². The SMILES string of the molecule is COc1cccc([C@H]2c3sc(=O)n(-c4ccccc4)c3SC[C@@H]2C(=O)Nc2ccccc2)c1. The lowest BCUT2D eigenvalue weighted by molar-refractivity contribution is -0.119. The van der Waals surface area contributed by atoms with E-state index in [0.29, 0.717) is 5.75 Å². The number of amides is 1. The van der Waals surface area contributed by atoms with Gasteiger partial charge in [-0.15, -0.1) is 11.8 Å². The molecule has 0 aliphatic carbocycles. The van der Waals surface area contributed by atoms with E-state index in [1.54, 1.807) is 23.4 Å². The van der Waals surface area contributed by atoms with Gasteiger partial charge in [0, 0.05) is 22.2 Å². The van der Waals surface area contributed by atoms with E-state index in [0.717, 1.165) is 32.6 Å². The second kappa shape index (κ2) is 9.29. The van der Waals surface area contributed by atoms with Gasteiger partial charge in [0.25, 0.3) is 0 Å². The topological polar surface area (TPSA) is 60.3 Å². The molecule has 5 nitrogen and oxygen atoms in total. The summed E-state index contributed by atoms with van der Waals surface area (Å²) in [7, 11) is 1.63. The van der Waals surface area contributed by atoms with Crippen molar-refractivity contribution in [2.45, 2.75) is 10.9 Å². The largest absolute Gasteiger partial charge is 0.497 e. The van der Waals surface area contributed by atoms with Gasteiger partial charge in [0.2, 0.25) is 5.91 Å². The Morgan fingerprint density at radius 3 is 2.45 bits per heavy atom. The Labute approximate surface area is 200 Å². The Bertz CT molecular complexity index is 1330. The minimum Gasteiger partial charge on any atom is -0.497 e. The van der Waals surface area contributed by atoms with Crippen LogP contribution in [0.25, 0.3) is 5.69 Å². The first kappa shape index (κ1) is 21.6. The van der Waals surface area contributed by atoms with Gasteiger partial charge in [-0.05, 0) is 42.0 Å². The van der Waals surface area contributed by atoms with Gasteiger partial charge in [0.15, 0.2) is 0 Å². The van der Waals surface area contributed by atoms with Crippen LogP contribution in [-0.2, 0) is 4.79 Å². The molecule has 1 aliphatic rings. The number of hydrogen-bond acceptors (Lipinski definition) is 5. The second-order valence-electron chi connectivity index (χ2n) is 7.74. The highest BCUT2D eigenvalue weighted by atomic mass is 32.2. The molecule has 1 amide bonds. The number of ether oxygens (including phenoxy) is 1. The van der Waals surface area contributed by atoms with Crippen LogP contribution in [0, 0.1) is 5.92 Å². The molecule has 2 atom stereocenters. The predicted molar refractivity (Wildman–Crippen MR) is 134 cm³/mol. The van der Waals surface area contributed by atoms with Gasteiger partial charge in [-0.25, -0.2) is 0 Å². The fourth-order valence-corrected chi connectivity index (χ4v) is 6.87. The van der Waals surface area contributed by atoms with E-state index in [-0.39, 0.29) is 22.6 Å². The molecule has 0 unspecified atom stereocenters. The molecule has 0 bridgehead atoms. The molecule has 0 fully saturated rings. The van der Waals surface area contributed by atoms with E-state index < -0.39 is 0 Å². The van der Waals surface area contributed by atoms with Crippen LogP contribution in [0.1, 0.15) is 16.4 Å². The fourth-order valence-electron chi connectivity index (χ4n) is 4.16. The van der Waals surface area contributed by atoms with Crippen LogP contribution in [-0.4, -0.2) is 23.3 Å². The zero-order valence-electron chi connectivity index (χ0n) is 17.9. The molecule has 2 heterocycles. The van der Waals surface area contributed by atoms with E-state index in [2.05, 4.69) is 5.32 Å². The van der Waals surface area contributed by atoms with Gasteiger partial charge in [-0.3, -0.25) is 14.2 Å². The number of benzene rings is 3. The number of carbonyl (C=O) groups is 1. The minimum atomic E-state index is -0.336. The highest BCUT2D eigenvalue weighted by Crippen LogP contribution is 2.47. The summed E-state index contributed by atoms with van der Waals surface area (Å²) in [5, 5.41) is 3.97. The van der Waals surface area contributed by atoms with Crippen LogP contribution in [0.15, 0.2) is 94.7 Å². The molecular weight excluding hydrogens is 452 g/mol. The monoisotopic (exact) mass is 474 g/mol. The normalized spacial score (nSPS) is 17.2. The zero-order valence-corrected chi connectivity index (χ0v) is 19.6. The van der Waals surface area contributed by atoms with Crippen LogP contribution >= 0.6 is 23.1 Å². The van der Waals surface area contributed by atoms with Gasteiger partial charge in [0.05, 0.1) is 23.7 Å². The molecule has 166 valence electrons. The van der Waals surface area contributed by atoms with Gasteiger partial charge in [-0.1, -0.05) is 59.9 Å². The molecule has 0 radical (unpaired) electrons. The lowest BCUT2D eigenvalue weighted by atomic mass is 9.85. The van der Waals surface area contributed by atoms with Crippen LogP contribution in [0.5, 0.6) is 5.75 Å². The number of para-hydroxylation sites is 2. The molecule has 5 rings (SSSR count). The van der Waals surface area contributed by atoms with Crippen LogP contribution < -0.4 is 14.9 Å². The summed E-state index contributed by atoms with van der Waals surface area (Å²) in [5.74, 6) is 0.653. The van der Waals surface area contributed by atoms with E-state index in [9.17, 15) is 9.59 Å².